The second-order valence-electron chi connectivity index (χ2n) is 7.18. The number of carbonyl (C=O) groups excluding carboxylic acids is 1. The number of nitrogens with one attached hydrogen (secondary N) is 1. The van der Waals surface area contributed by atoms with E-state index in [1.54, 1.807) is 6.92 Å². The lowest BCUT2D eigenvalue weighted by Gasteiger charge is -2.33. The summed E-state index contributed by atoms with van der Waals surface area (Å²) in [5, 5.41) is 13.6. The van der Waals surface area contributed by atoms with E-state index in [-0.39, 0.29) is 36.4 Å². The quantitative estimate of drug-likeness (QED) is 0.327. The number of aliphatic hydroxyl groups is 1. The lowest BCUT2D eigenvalue weighted by molar-refractivity contribution is -0.144. The Kier molecular flexibility index (Phi) is 5.49. The fourth-order valence-corrected chi connectivity index (χ4v) is 6.11. The van der Waals surface area contributed by atoms with E-state index in [9.17, 15) is 18.9 Å². The van der Waals surface area contributed by atoms with E-state index >= 15 is 0 Å². The summed E-state index contributed by atoms with van der Waals surface area (Å²) in [5.74, 6) is -1.24. The topological polar surface area (TPSA) is 164 Å². The monoisotopic (exact) mass is 444 g/mol. The van der Waals surface area contributed by atoms with Crippen LogP contribution in [0.3, 0.4) is 0 Å². The Morgan fingerprint density at radius 2 is 2.33 bits per heavy atom. The summed E-state index contributed by atoms with van der Waals surface area (Å²) in [7, 11) is -3.44. The van der Waals surface area contributed by atoms with Crippen molar-refractivity contribution in [3.8, 4) is 0 Å². The molecule has 6 atom stereocenters. The molecule has 2 aromatic rings. The number of nitrogens with two attached hydrogens (primary N) is 1. The molecular weight excluding hydrogens is 422 g/mol. The fraction of sp³-hybridized carbons (Fsp3) is 0.625. The Hall–Kier alpha value is -2.18. The molecule has 0 saturated carbocycles. The lowest BCUT2D eigenvalue weighted by Crippen LogP contribution is -2.42. The maximum absolute atomic E-state index is 13.6. The number of aromatic nitrogens is 4. The van der Waals surface area contributed by atoms with E-state index in [0.717, 1.165) is 0 Å². The van der Waals surface area contributed by atoms with E-state index < -0.39 is 50.0 Å². The van der Waals surface area contributed by atoms with E-state index in [1.165, 1.54) is 17.8 Å². The summed E-state index contributed by atoms with van der Waals surface area (Å²) in [5.41, 5.74) is 5.92. The van der Waals surface area contributed by atoms with Gasteiger partial charge in [-0.15, -0.1) is 0 Å². The first kappa shape index (κ1) is 21.1. The number of nitrogen functional groups attached to an aromatic ring is 1. The highest BCUT2D eigenvalue weighted by molar-refractivity contribution is 7.57. The number of nitrogens with zero attached hydrogens (tertiary/aromatic N) is 4. The molecule has 30 heavy (non-hydrogen) atoms. The zero-order chi connectivity index (χ0) is 21.6. The number of carbonyl (C=O) groups is 1. The van der Waals surface area contributed by atoms with Crippen molar-refractivity contribution >= 4 is 30.5 Å². The van der Waals surface area contributed by atoms with Crippen LogP contribution < -0.4 is 10.8 Å². The first-order chi connectivity index (χ1) is 14.2. The van der Waals surface area contributed by atoms with Crippen LogP contribution in [-0.4, -0.2) is 68.2 Å². The molecule has 1 unspecified atom stereocenters. The van der Waals surface area contributed by atoms with Crippen LogP contribution in [-0.2, 0) is 23.4 Å². The van der Waals surface area contributed by atoms with Gasteiger partial charge in [-0.3, -0.25) is 13.9 Å². The lowest BCUT2D eigenvalue weighted by atomic mass is 10.0. The van der Waals surface area contributed by atoms with Gasteiger partial charge >= 0.3 is 12.0 Å². The predicted molar refractivity (Wildman–Crippen MR) is 101 cm³/mol. The molecule has 0 amide bonds. The Labute approximate surface area is 170 Å². The van der Waals surface area contributed by atoms with Gasteiger partial charge in [-0.25, -0.2) is 10.1 Å². The van der Waals surface area contributed by atoms with E-state index in [4.69, 9.17) is 19.7 Å². The molecule has 2 fully saturated rings. The molecule has 0 spiro atoms. The first-order valence-electron chi connectivity index (χ1n) is 9.39. The third-order valence-electron chi connectivity index (χ3n) is 5.15. The molecule has 2 aromatic heterocycles. The summed E-state index contributed by atoms with van der Waals surface area (Å²) >= 11 is 0. The zero-order valence-electron chi connectivity index (χ0n) is 16.3. The average Bonchev–Trinajstić information content (AvgIpc) is 3.23. The number of rotatable bonds is 5. The average molecular weight is 444 g/mol. The minimum Gasteiger partial charge on any atom is -0.465 e. The molecule has 4 N–H and O–H groups in total. The smallest absolute Gasteiger partial charge is 0.323 e. The number of anilines is 1. The highest BCUT2D eigenvalue weighted by Crippen LogP contribution is 2.53. The molecule has 0 aromatic carbocycles. The highest BCUT2D eigenvalue weighted by Gasteiger charge is 2.52. The van der Waals surface area contributed by atoms with Gasteiger partial charge in [0.2, 0.25) is 0 Å². The largest absolute Gasteiger partial charge is 0.465 e. The van der Waals surface area contributed by atoms with Gasteiger partial charge in [0.25, 0.3) is 7.52 Å². The van der Waals surface area contributed by atoms with Crippen molar-refractivity contribution < 1.29 is 32.9 Å². The van der Waals surface area contributed by atoms with E-state index in [2.05, 4.69) is 20.0 Å². The summed E-state index contributed by atoms with van der Waals surface area (Å²) in [6.45, 7) is 3.33. The van der Waals surface area contributed by atoms with Gasteiger partial charge in [0.1, 0.15) is 12.1 Å². The van der Waals surface area contributed by atoms with Gasteiger partial charge in [-0.2, -0.15) is 14.4 Å². The van der Waals surface area contributed by atoms with Crippen LogP contribution in [0.1, 0.15) is 20.1 Å². The summed E-state index contributed by atoms with van der Waals surface area (Å²) < 4.78 is 44.4. The van der Waals surface area contributed by atoms with Gasteiger partial charge in [0, 0.05) is 12.1 Å². The molecule has 2 aliphatic rings. The second kappa shape index (κ2) is 7.82. The van der Waals surface area contributed by atoms with Crippen LogP contribution in [0.5, 0.6) is 0 Å². The number of aliphatic hydroxyl groups excluding tert-OH is 1. The van der Waals surface area contributed by atoms with E-state index in [1.807, 2.05) is 0 Å². The van der Waals surface area contributed by atoms with Crippen molar-refractivity contribution in [1.29, 1.82) is 0 Å². The molecule has 164 valence electrons. The van der Waals surface area contributed by atoms with Crippen molar-refractivity contribution in [3.05, 3.63) is 12.4 Å². The number of imidazole rings is 1. The van der Waals surface area contributed by atoms with Crippen molar-refractivity contribution in [1.82, 2.24) is 24.6 Å². The Morgan fingerprint density at radius 1 is 1.57 bits per heavy atom. The molecule has 0 radical (unpaired) electrons. The second-order valence-corrected chi connectivity index (χ2v) is 9.40. The Morgan fingerprint density at radius 3 is 3.07 bits per heavy atom. The molecule has 0 aliphatic carbocycles. The number of fused-ring (bicyclic) bond motifs is 2. The van der Waals surface area contributed by atoms with Crippen LogP contribution in [0.2, 0.25) is 0 Å². The van der Waals surface area contributed by atoms with Crippen LogP contribution in [0.25, 0.3) is 11.2 Å². The van der Waals surface area contributed by atoms with Crippen LogP contribution >= 0.6 is 7.52 Å². The maximum Gasteiger partial charge on any atom is 0.323 e. The number of esters is 1. The molecule has 2 saturated heterocycles. The fourth-order valence-electron chi connectivity index (χ4n) is 3.74. The Bertz CT molecular complexity index is 1020. The van der Waals surface area contributed by atoms with Gasteiger partial charge in [-0.05, 0) is 13.8 Å². The van der Waals surface area contributed by atoms with Crippen LogP contribution in [0.15, 0.2) is 6.33 Å². The first-order valence-corrected chi connectivity index (χ1v) is 11.2. The molecular formula is C16H22FN6O6P. The summed E-state index contributed by atoms with van der Waals surface area (Å²) in [6.07, 6.45) is -2.40. The van der Waals surface area contributed by atoms with Crippen LogP contribution in [0.4, 0.5) is 10.2 Å². The molecule has 14 heteroatoms. The van der Waals surface area contributed by atoms with E-state index in [0.29, 0.717) is 0 Å². The number of halogens is 1. The van der Waals surface area contributed by atoms with Gasteiger partial charge in [-0.1, -0.05) is 0 Å². The van der Waals surface area contributed by atoms with Crippen molar-refractivity contribution in [2.45, 2.75) is 38.3 Å². The number of ether oxygens (including phenoxy) is 2. The standard InChI is InChI=1S/C16H22FN6O6P/c1-3-27-15(25)7(2)22-30(26)5-8-9(4-28-30)29-14(11(8)24)23-6-19-10-12(18)20-16(17)21-13(10)23/h6-9,11,14,24H,3-5H2,1-2H3,(H,22,26)(H2,18,20,21)/t7-,8+,9+,11-,14+,30?/m0/s1. The SMILES string of the molecule is CCOC(=O)[C@H](C)NP1(=O)C[C@H]2[C@H](O)[C@H](n3cnc4c(N)nc(F)nc43)O[C@@H]2CO1. The third kappa shape index (κ3) is 3.67. The minimum atomic E-state index is -3.44. The zero-order valence-corrected chi connectivity index (χ0v) is 17.2. The molecule has 4 heterocycles. The van der Waals surface area contributed by atoms with Crippen molar-refractivity contribution in [2.75, 3.05) is 25.1 Å². The summed E-state index contributed by atoms with van der Waals surface area (Å²) in [6, 6.07) is -0.845. The minimum absolute atomic E-state index is 0.0583. The molecule has 2 aliphatic heterocycles. The normalized spacial score (nSPS) is 32.1. The maximum atomic E-state index is 13.6. The number of hydrogen-bond donors (Lipinski definition) is 3. The predicted octanol–water partition coefficient (Wildman–Crippen LogP) is 0.187. The molecule has 4 rings (SSSR count). The molecule has 12 nitrogen and oxygen atoms in total. The van der Waals surface area contributed by atoms with Crippen LogP contribution in [0, 0.1) is 12.0 Å². The van der Waals surface area contributed by atoms with Crippen molar-refractivity contribution in [2.24, 2.45) is 5.92 Å². The number of hydrogen-bond acceptors (Lipinski definition) is 10. The van der Waals surface area contributed by atoms with Gasteiger partial charge in [0.05, 0.1) is 25.6 Å². The van der Waals surface area contributed by atoms with Gasteiger partial charge < -0.3 is 24.8 Å². The Balaban J connectivity index is 1.54. The summed E-state index contributed by atoms with van der Waals surface area (Å²) in [4.78, 5) is 23.0. The highest BCUT2D eigenvalue weighted by atomic mass is 31.2. The van der Waals surface area contributed by atoms with Crippen molar-refractivity contribution in [3.63, 3.8) is 0 Å². The molecule has 0 bridgehead atoms. The van der Waals surface area contributed by atoms with Gasteiger partial charge in [0.15, 0.2) is 23.2 Å². The third-order valence-corrected chi connectivity index (χ3v) is 7.40.